The molecule has 1 aromatic carbocycles. The minimum atomic E-state index is -3.15. The van der Waals surface area contributed by atoms with Crippen LogP contribution in [0.15, 0.2) is 42.7 Å². The Morgan fingerprint density at radius 2 is 1.88 bits per heavy atom. The number of amides is 1. The predicted molar refractivity (Wildman–Crippen MR) is 97.3 cm³/mol. The fourth-order valence-corrected chi connectivity index (χ4v) is 6.00. The van der Waals surface area contributed by atoms with E-state index in [1.165, 1.54) is 6.20 Å². The van der Waals surface area contributed by atoms with Gasteiger partial charge in [0.2, 0.25) is 0 Å². The van der Waals surface area contributed by atoms with Crippen LogP contribution in [0.2, 0.25) is 0 Å². The van der Waals surface area contributed by atoms with Gasteiger partial charge in [-0.25, -0.2) is 8.42 Å². The third-order valence-corrected chi connectivity index (χ3v) is 6.93. The number of carbonyl (C=O) groups excluding carboxylic acids is 1. The molecule has 0 unspecified atom stereocenters. The molecule has 26 heavy (non-hydrogen) atoms. The number of sulfone groups is 1. The lowest BCUT2D eigenvalue weighted by Crippen LogP contribution is -2.60. The molecule has 2 aliphatic rings. The van der Waals surface area contributed by atoms with Crippen molar-refractivity contribution in [2.75, 3.05) is 24.6 Å². The van der Waals surface area contributed by atoms with Gasteiger partial charge in [-0.2, -0.15) is 5.10 Å². The predicted octanol–water partition coefficient (Wildman–Crippen LogP) is 0.544. The van der Waals surface area contributed by atoms with Crippen LogP contribution < -0.4 is 0 Å². The number of hydrogen-bond acceptors (Lipinski definition) is 5. The Bertz CT molecular complexity index is 910. The second-order valence-corrected chi connectivity index (χ2v) is 9.22. The summed E-state index contributed by atoms with van der Waals surface area (Å²) in [5, 5.41) is 4.06. The van der Waals surface area contributed by atoms with E-state index in [4.69, 9.17) is 0 Å². The Morgan fingerprint density at radius 3 is 2.58 bits per heavy atom. The lowest BCUT2D eigenvalue weighted by molar-refractivity contribution is 0.0306. The van der Waals surface area contributed by atoms with Gasteiger partial charge in [0.1, 0.15) is 0 Å². The zero-order valence-corrected chi connectivity index (χ0v) is 15.5. The normalized spacial score (nSPS) is 25.2. The summed E-state index contributed by atoms with van der Waals surface area (Å²) in [4.78, 5) is 16.8. The molecule has 2 fully saturated rings. The Kier molecular flexibility index (Phi) is 4.32. The Hall–Kier alpha value is -2.19. The van der Waals surface area contributed by atoms with Crippen LogP contribution in [0.25, 0.3) is 0 Å². The van der Waals surface area contributed by atoms with Gasteiger partial charge in [-0.15, -0.1) is 0 Å². The molecule has 0 radical (unpaired) electrons. The van der Waals surface area contributed by atoms with Crippen molar-refractivity contribution in [1.29, 1.82) is 0 Å². The van der Waals surface area contributed by atoms with Crippen LogP contribution >= 0.6 is 0 Å². The van der Waals surface area contributed by atoms with E-state index in [0.717, 1.165) is 5.56 Å². The van der Waals surface area contributed by atoms with Crippen LogP contribution in [-0.2, 0) is 23.4 Å². The molecule has 1 amide bonds. The third-order valence-electron chi connectivity index (χ3n) is 5.23. The van der Waals surface area contributed by atoms with Crippen LogP contribution in [0.3, 0.4) is 0 Å². The van der Waals surface area contributed by atoms with Gasteiger partial charge in [-0.1, -0.05) is 30.3 Å². The first-order valence-corrected chi connectivity index (χ1v) is 10.5. The van der Waals surface area contributed by atoms with Gasteiger partial charge in [0, 0.05) is 38.9 Å². The van der Waals surface area contributed by atoms with Crippen molar-refractivity contribution >= 4 is 15.7 Å². The topological polar surface area (TPSA) is 75.5 Å². The van der Waals surface area contributed by atoms with Crippen LogP contribution in [0.4, 0.5) is 0 Å². The number of fused-ring (bicyclic) bond motifs is 1. The Balaban J connectivity index is 1.58. The highest BCUT2D eigenvalue weighted by Crippen LogP contribution is 2.29. The van der Waals surface area contributed by atoms with Gasteiger partial charge in [-0.3, -0.25) is 14.4 Å². The number of rotatable bonds is 3. The van der Waals surface area contributed by atoms with E-state index in [-0.39, 0.29) is 29.5 Å². The largest absolute Gasteiger partial charge is 0.332 e. The first kappa shape index (κ1) is 17.2. The van der Waals surface area contributed by atoms with E-state index in [0.29, 0.717) is 25.2 Å². The van der Waals surface area contributed by atoms with Crippen molar-refractivity contribution in [3.8, 4) is 0 Å². The summed E-state index contributed by atoms with van der Waals surface area (Å²) in [7, 11) is -1.39. The first-order chi connectivity index (χ1) is 12.4. The average molecular weight is 374 g/mol. The molecule has 3 heterocycles. The summed E-state index contributed by atoms with van der Waals surface area (Å²) in [5.74, 6) is 0.0144. The molecule has 0 bridgehead atoms. The minimum Gasteiger partial charge on any atom is -0.332 e. The van der Waals surface area contributed by atoms with E-state index in [1.54, 1.807) is 22.8 Å². The second kappa shape index (κ2) is 6.51. The van der Waals surface area contributed by atoms with E-state index >= 15 is 0 Å². The number of aryl methyl sites for hydroxylation is 1. The number of hydrogen-bond donors (Lipinski definition) is 0. The highest BCUT2D eigenvalue weighted by molar-refractivity contribution is 7.91. The van der Waals surface area contributed by atoms with Crippen molar-refractivity contribution in [2.45, 2.75) is 18.6 Å². The third kappa shape index (κ3) is 3.26. The summed E-state index contributed by atoms with van der Waals surface area (Å²) in [5.41, 5.74) is 1.66. The van der Waals surface area contributed by atoms with Crippen LogP contribution in [0, 0.1) is 0 Å². The fraction of sp³-hybridized carbons (Fsp3) is 0.444. The molecule has 0 saturated carbocycles. The molecule has 0 aliphatic carbocycles. The molecule has 0 N–H and O–H groups in total. The smallest absolute Gasteiger partial charge is 0.257 e. The van der Waals surface area contributed by atoms with Crippen LogP contribution in [-0.4, -0.2) is 70.6 Å². The van der Waals surface area contributed by atoms with E-state index in [1.807, 2.05) is 30.3 Å². The molecule has 7 nitrogen and oxygen atoms in total. The number of aromatic nitrogens is 2. The Labute approximate surface area is 153 Å². The summed E-state index contributed by atoms with van der Waals surface area (Å²) in [6.45, 7) is 1.89. The van der Waals surface area contributed by atoms with Gasteiger partial charge in [0.05, 0.1) is 29.3 Å². The molecule has 2 atom stereocenters. The summed E-state index contributed by atoms with van der Waals surface area (Å²) >= 11 is 0. The number of carbonyl (C=O) groups is 1. The van der Waals surface area contributed by atoms with Gasteiger partial charge >= 0.3 is 0 Å². The molecule has 2 saturated heterocycles. The molecule has 2 aliphatic heterocycles. The molecule has 4 rings (SSSR count). The van der Waals surface area contributed by atoms with E-state index in [2.05, 4.69) is 10.00 Å². The summed E-state index contributed by atoms with van der Waals surface area (Å²) in [6.07, 6.45) is 3.22. The quantitative estimate of drug-likeness (QED) is 0.784. The first-order valence-electron chi connectivity index (χ1n) is 8.71. The standard InChI is InChI=1S/C18H22N4O3S/c1-20-11-15(9-19-20)18(23)22-8-7-21(10-14-5-3-2-4-6-14)16-12-26(24,25)13-17(16)22/h2-6,9,11,16-17H,7-8,10,12-13H2,1H3/t16-,17+/m1/s1. The monoisotopic (exact) mass is 374 g/mol. The van der Waals surface area contributed by atoms with Gasteiger partial charge in [-0.05, 0) is 5.56 Å². The Morgan fingerprint density at radius 1 is 1.15 bits per heavy atom. The minimum absolute atomic E-state index is 0.0367. The molecule has 2 aromatic rings. The second-order valence-electron chi connectivity index (χ2n) is 7.07. The van der Waals surface area contributed by atoms with Crippen molar-refractivity contribution in [2.24, 2.45) is 7.05 Å². The maximum absolute atomic E-state index is 12.9. The van der Waals surface area contributed by atoms with Crippen molar-refractivity contribution in [1.82, 2.24) is 19.6 Å². The van der Waals surface area contributed by atoms with Gasteiger partial charge in [0.15, 0.2) is 9.84 Å². The summed E-state index contributed by atoms with van der Waals surface area (Å²) < 4.78 is 26.2. The van der Waals surface area contributed by atoms with E-state index < -0.39 is 9.84 Å². The maximum Gasteiger partial charge on any atom is 0.257 e. The zero-order valence-electron chi connectivity index (χ0n) is 14.7. The lowest BCUT2D eigenvalue weighted by Gasteiger charge is -2.43. The number of benzene rings is 1. The highest BCUT2D eigenvalue weighted by Gasteiger charge is 2.48. The maximum atomic E-state index is 12.9. The van der Waals surface area contributed by atoms with Crippen molar-refractivity contribution in [3.63, 3.8) is 0 Å². The van der Waals surface area contributed by atoms with Gasteiger partial charge < -0.3 is 4.90 Å². The fourth-order valence-electron chi connectivity index (χ4n) is 3.99. The average Bonchev–Trinajstić information content (AvgIpc) is 3.18. The summed E-state index contributed by atoms with van der Waals surface area (Å²) in [6, 6.07) is 9.58. The van der Waals surface area contributed by atoms with Crippen LogP contribution in [0.5, 0.6) is 0 Å². The molecule has 0 spiro atoms. The molecular weight excluding hydrogens is 352 g/mol. The zero-order chi connectivity index (χ0) is 18.3. The molecule has 138 valence electrons. The lowest BCUT2D eigenvalue weighted by atomic mass is 10.0. The number of piperazine rings is 1. The number of nitrogens with zero attached hydrogens (tertiary/aromatic N) is 4. The molecule has 8 heteroatoms. The SMILES string of the molecule is Cn1cc(C(=O)N2CCN(Cc3ccccc3)[C@@H]3CS(=O)(=O)C[C@@H]32)cn1. The molecule has 1 aromatic heterocycles. The highest BCUT2D eigenvalue weighted by atomic mass is 32.2. The molecular formula is C18H22N4O3S. The van der Waals surface area contributed by atoms with Gasteiger partial charge in [0.25, 0.3) is 5.91 Å². The van der Waals surface area contributed by atoms with Crippen LogP contribution in [0.1, 0.15) is 15.9 Å². The van der Waals surface area contributed by atoms with Crippen molar-refractivity contribution < 1.29 is 13.2 Å². The van der Waals surface area contributed by atoms with E-state index in [9.17, 15) is 13.2 Å². The van der Waals surface area contributed by atoms with Crippen molar-refractivity contribution in [3.05, 3.63) is 53.9 Å².